The minimum absolute atomic E-state index is 0. The van der Waals surface area contributed by atoms with Crippen molar-refractivity contribution in [2.75, 3.05) is 36.7 Å². The summed E-state index contributed by atoms with van der Waals surface area (Å²) in [5, 5.41) is 68.2. The Labute approximate surface area is 401 Å². The van der Waals surface area contributed by atoms with Gasteiger partial charge in [-0.15, -0.1) is 24.0 Å². The van der Waals surface area contributed by atoms with Crippen molar-refractivity contribution < 1.29 is 168 Å². The first-order valence-corrected chi connectivity index (χ1v) is 20.2. The molecule has 0 bridgehead atoms. The van der Waals surface area contributed by atoms with Gasteiger partial charge >= 0.3 is 88.7 Å². The summed E-state index contributed by atoms with van der Waals surface area (Å²) < 4.78 is 84.6. The number of aromatic hydroxyl groups is 1. The number of anilines is 1. The van der Waals surface area contributed by atoms with Crippen LogP contribution in [-0.2, 0) is 63.1 Å². The molecular formula is C27H24N5Na3O17S5. The van der Waals surface area contributed by atoms with Gasteiger partial charge in [0.2, 0.25) is 0 Å². The minimum Gasteiger partial charge on any atom is -0.691 e. The maximum atomic E-state index is 12.9. The summed E-state index contributed by atoms with van der Waals surface area (Å²) in [7, 11) is -6.61. The van der Waals surface area contributed by atoms with E-state index in [-0.39, 0.29) is 167 Å². The van der Waals surface area contributed by atoms with Crippen LogP contribution in [0.15, 0.2) is 95.8 Å². The molecule has 0 aliphatic heterocycles. The van der Waals surface area contributed by atoms with Gasteiger partial charge in [-0.3, -0.25) is 19.3 Å². The van der Waals surface area contributed by atoms with E-state index in [9.17, 15) is 41.9 Å². The molecule has 22 nitrogen and oxygen atoms in total. The Morgan fingerprint density at radius 1 is 0.772 bits per heavy atom. The van der Waals surface area contributed by atoms with Gasteiger partial charge in [-0.2, -0.15) is 9.45 Å². The molecule has 30 heteroatoms. The molecule has 4 rings (SSSR count). The number of methoxy groups -OCH3 is 1. The van der Waals surface area contributed by atoms with Crippen molar-refractivity contribution >= 4 is 94.3 Å². The molecule has 0 heterocycles. The Balaban J connectivity index is 0.00000541. The number of nitrogen functional groups attached to an aromatic ring is 1. The number of sulfone groups is 2. The van der Waals surface area contributed by atoms with E-state index in [2.05, 4.69) is 48.6 Å². The van der Waals surface area contributed by atoms with Crippen LogP contribution in [0.3, 0.4) is 0 Å². The molecule has 0 amide bonds. The van der Waals surface area contributed by atoms with Crippen molar-refractivity contribution in [1.82, 2.24) is 0 Å². The molecule has 1 unspecified atom stereocenters. The molecule has 0 radical (unpaired) electrons. The molecule has 0 aromatic heterocycles. The fraction of sp³-hybridized carbons (Fsp3) is 0.185. The van der Waals surface area contributed by atoms with Crippen molar-refractivity contribution in [2.24, 2.45) is 20.5 Å². The molecule has 57 heavy (non-hydrogen) atoms. The third-order valence-electron chi connectivity index (χ3n) is 6.78. The van der Waals surface area contributed by atoms with E-state index >= 15 is 0 Å². The first-order valence-electron chi connectivity index (χ1n) is 14.2. The number of nitrogens with two attached hydrogens (primary N) is 1. The van der Waals surface area contributed by atoms with Crippen LogP contribution in [0.5, 0.6) is 11.5 Å². The summed E-state index contributed by atoms with van der Waals surface area (Å²) in [5.41, 5.74) is 6.14. The van der Waals surface area contributed by atoms with Crippen LogP contribution in [0.4, 0.5) is 28.4 Å². The fourth-order valence-corrected chi connectivity index (χ4v) is 8.55. The summed E-state index contributed by atoms with van der Waals surface area (Å²) in [4.78, 5) is -0.407. The maximum absolute atomic E-state index is 12.9. The fourth-order valence-electron chi connectivity index (χ4n) is 4.30. The van der Waals surface area contributed by atoms with Gasteiger partial charge in [0.15, 0.2) is 48.8 Å². The topological polar surface area (TPSA) is 324 Å². The van der Waals surface area contributed by atoms with Gasteiger partial charge in [-0.25, -0.2) is 21.0 Å². The number of phenols is 1. The SMILES string of the molecule is COc1ccc(S(=O)(=O)CCS(=O)OO[O-])cc1N=Nc1c(SOO[O-])cc2c(N=Nc3ccc(S(=O)(=O)CCOSOO[O-])cc3)c(N)ccc2c1O.[Na+].[Na+].[Na+]. The third kappa shape index (κ3) is 15.5. The van der Waals surface area contributed by atoms with Gasteiger partial charge in [0.05, 0.1) is 69.1 Å². The summed E-state index contributed by atoms with van der Waals surface area (Å²) in [6, 6.07) is 13.1. The molecule has 4 aromatic rings. The van der Waals surface area contributed by atoms with Crippen molar-refractivity contribution in [3.63, 3.8) is 0 Å². The van der Waals surface area contributed by atoms with E-state index in [1.54, 1.807) is 0 Å². The van der Waals surface area contributed by atoms with Crippen molar-refractivity contribution in [3.8, 4) is 11.5 Å². The van der Waals surface area contributed by atoms with Gasteiger partial charge < -0.3 is 31.3 Å². The van der Waals surface area contributed by atoms with Crippen molar-refractivity contribution in [2.45, 2.75) is 14.7 Å². The van der Waals surface area contributed by atoms with Gasteiger partial charge in [0.25, 0.3) is 0 Å². The molecule has 0 saturated carbocycles. The molecule has 292 valence electrons. The molecule has 1 atom stereocenters. The van der Waals surface area contributed by atoms with E-state index in [0.717, 1.165) is 6.07 Å². The van der Waals surface area contributed by atoms with Gasteiger partial charge in [0, 0.05) is 10.8 Å². The number of azo groups is 2. The molecular weight excluding hydrogens is 896 g/mol. The molecule has 0 aliphatic rings. The van der Waals surface area contributed by atoms with Crippen LogP contribution in [0.25, 0.3) is 10.8 Å². The first-order chi connectivity index (χ1) is 25.8. The number of nitrogens with zero attached hydrogens (tertiary/aromatic N) is 4. The Bertz CT molecular complexity index is 2240. The van der Waals surface area contributed by atoms with Crippen molar-refractivity contribution in [3.05, 3.63) is 60.7 Å². The zero-order chi connectivity index (χ0) is 39.3. The second kappa shape index (κ2) is 26.4. The van der Waals surface area contributed by atoms with Gasteiger partial charge in [-0.05, 0) is 60.7 Å². The van der Waals surface area contributed by atoms with E-state index < -0.39 is 53.8 Å². The number of phenolic OH excluding ortho intramolecular Hbond substituents is 1. The number of hydrogen-bond donors (Lipinski definition) is 2. The van der Waals surface area contributed by atoms with Gasteiger partial charge in [-0.1, -0.05) is 0 Å². The van der Waals surface area contributed by atoms with Crippen LogP contribution >= 0.6 is 24.4 Å². The molecule has 3 N–H and O–H groups in total. The molecule has 0 spiro atoms. The van der Waals surface area contributed by atoms with Crippen molar-refractivity contribution in [1.29, 1.82) is 0 Å². The number of hydrogen-bond acceptors (Lipinski definition) is 24. The van der Waals surface area contributed by atoms with Crippen LogP contribution in [0.2, 0.25) is 0 Å². The van der Waals surface area contributed by atoms with Gasteiger partial charge in [0.1, 0.15) is 22.8 Å². The normalized spacial score (nSPS) is 12.3. The first kappa shape index (κ1) is 54.1. The second-order valence-corrected chi connectivity index (χ2v) is 16.5. The Kier molecular flexibility index (Phi) is 25.1. The predicted octanol–water partition coefficient (Wildman–Crippen LogP) is -6.55. The number of fused-ring (bicyclic) bond motifs is 1. The monoisotopic (exact) mass is 919 g/mol. The standard InChI is InChI=1S/C27H27N5O17S5.3Na/c1-42-23-9-6-18(54(40,41)13-11-52(37)49-46-36)14-22(23)30-32-26-24(50-47-44-34)15-20-19(27(26)33)7-8-21(28)25(20)31-29-16-2-4-17(5-3-16)53(38,39)12-10-43-51-48-45-35;;;/h2-9,14-15,33-36H,10-13,28H2,1H3;;;/q;3*+1/p-3. The Morgan fingerprint density at radius 3 is 2.07 bits per heavy atom. The molecule has 0 saturated heterocycles. The Hall–Kier alpha value is -0.910. The summed E-state index contributed by atoms with van der Waals surface area (Å²) in [6.07, 6.45) is 0. The largest absolute Gasteiger partial charge is 1.00 e. The molecule has 4 aromatic carbocycles. The smallest absolute Gasteiger partial charge is 0.691 e. The number of benzene rings is 4. The van der Waals surface area contributed by atoms with Crippen LogP contribution in [-0.4, -0.2) is 57.1 Å². The predicted molar refractivity (Wildman–Crippen MR) is 181 cm³/mol. The quantitative estimate of drug-likeness (QED) is 0.0149. The average Bonchev–Trinajstić information content (AvgIpc) is 3.15. The van der Waals surface area contributed by atoms with Crippen LogP contribution in [0.1, 0.15) is 0 Å². The molecule has 0 aliphatic carbocycles. The van der Waals surface area contributed by atoms with Crippen LogP contribution in [0, 0.1) is 0 Å². The number of rotatable bonds is 21. The maximum Gasteiger partial charge on any atom is 1.00 e. The minimum atomic E-state index is -4.10. The summed E-state index contributed by atoms with van der Waals surface area (Å²) >= 11 is -1.83. The van der Waals surface area contributed by atoms with E-state index in [1.165, 1.54) is 61.7 Å². The number of ether oxygens (including phenoxy) is 1. The summed E-state index contributed by atoms with van der Waals surface area (Å²) in [5.74, 6) is -2.18. The zero-order valence-corrected chi connectivity index (χ0v) is 40.1. The van der Waals surface area contributed by atoms with E-state index in [4.69, 9.17) is 14.7 Å². The Morgan fingerprint density at radius 2 is 1.42 bits per heavy atom. The summed E-state index contributed by atoms with van der Waals surface area (Å²) in [6.45, 7) is -0.309. The second-order valence-electron chi connectivity index (χ2n) is 9.93. The van der Waals surface area contributed by atoms with E-state index in [1.807, 2.05) is 0 Å². The van der Waals surface area contributed by atoms with Crippen LogP contribution < -0.4 is 115 Å². The third-order valence-corrected chi connectivity index (χ3v) is 12.2. The van der Waals surface area contributed by atoms with E-state index in [0.29, 0.717) is 12.0 Å². The molecule has 0 fully saturated rings. The zero-order valence-electron chi connectivity index (χ0n) is 30.0. The average molecular weight is 920 g/mol.